The Kier molecular flexibility index (Phi) is 1.88. The van der Waals surface area contributed by atoms with Gasteiger partial charge in [-0.2, -0.15) is 0 Å². The van der Waals surface area contributed by atoms with E-state index in [1.165, 1.54) is 45.2 Å². The summed E-state index contributed by atoms with van der Waals surface area (Å²) in [4.78, 5) is 2.64. The van der Waals surface area contributed by atoms with Crippen molar-refractivity contribution in [2.24, 2.45) is 11.8 Å². The van der Waals surface area contributed by atoms with Crippen LogP contribution >= 0.6 is 0 Å². The molecule has 1 N–H and O–H groups in total. The highest BCUT2D eigenvalue weighted by molar-refractivity contribution is 4.95. The maximum atomic E-state index is 9.98. The summed E-state index contributed by atoms with van der Waals surface area (Å²) in [7, 11) is 0. The van der Waals surface area contributed by atoms with E-state index >= 15 is 0 Å². The van der Waals surface area contributed by atoms with Gasteiger partial charge in [0.1, 0.15) is 0 Å². The summed E-state index contributed by atoms with van der Waals surface area (Å²) in [5, 5.41) is 9.98. The number of nitrogens with zero attached hydrogens (tertiary/aromatic N) is 1. The highest BCUT2D eigenvalue weighted by Gasteiger charge is 2.42. The van der Waals surface area contributed by atoms with Crippen LogP contribution in [0.4, 0.5) is 0 Å². The lowest BCUT2D eigenvalue weighted by Crippen LogP contribution is -2.52. The molecule has 2 bridgehead atoms. The average Bonchev–Trinajstić information content (AvgIpc) is 2.85. The van der Waals surface area contributed by atoms with Crippen LogP contribution in [0.3, 0.4) is 0 Å². The number of aliphatic hydroxyl groups excluding tert-OH is 1. The number of fused-ring (bicyclic) bond motifs is 2. The molecule has 3 fully saturated rings. The molecule has 3 rings (SSSR count). The molecule has 1 heterocycles. The first-order valence-corrected chi connectivity index (χ1v) is 5.77. The third-order valence-electron chi connectivity index (χ3n) is 4.12. The zero-order valence-corrected chi connectivity index (χ0v) is 8.15. The van der Waals surface area contributed by atoms with Gasteiger partial charge in [-0.3, -0.25) is 4.90 Å². The Bertz CT molecular complexity index is 188. The van der Waals surface area contributed by atoms with Crippen LogP contribution in [0.1, 0.15) is 32.1 Å². The Balaban J connectivity index is 1.72. The second-order valence-electron chi connectivity index (χ2n) is 5.13. The molecule has 0 radical (unpaired) electrons. The molecule has 1 aliphatic heterocycles. The predicted octanol–water partition coefficient (Wildman–Crippen LogP) is 1.24. The number of hydrogen-bond donors (Lipinski definition) is 1. The van der Waals surface area contributed by atoms with Gasteiger partial charge in [-0.25, -0.2) is 0 Å². The van der Waals surface area contributed by atoms with Crippen molar-refractivity contribution in [2.75, 3.05) is 13.1 Å². The van der Waals surface area contributed by atoms with Crippen molar-refractivity contribution in [1.82, 2.24) is 4.90 Å². The SMILES string of the molecule is OC1[C@H]2CCC[C@H]1CN(C1CC1)C2. The highest BCUT2D eigenvalue weighted by atomic mass is 16.3. The van der Waals surface area contributed by atoms with Gasteiger partial charge in [-0.15, -0.1) is 0 Å². The molecule has 0 unspecified atom stereocenters. The summed E-state index contributed by atoms with van der Waals surface area (Å²) in [5.74, 6) is 1.21. The van der Waals surface area contributed by atoms with E-state index in [1.54, 1.807) is 0 Å². The van der Waals surface area contributed by atoms with Crippen molar-refractivity contribution >= 4 is 0 Å². The maximum absolute atomic E-state index is 9.98. The molecular weight excluding hydrogens is 162 g/mol. The molecule has 0 spiro atoms. The van der Waals surface area contributed by atoms with Crippen LogP contribution in [0, 0.1) is 11.8 Å². The Morgan fingerprint density at radius 2 is 1.54 bits per heavy atom. The zero-order valence-electron chi connectivity index (χ0n) is 8.15. The minimum Gasteiger partial charge on any atom is -0.392 e. The fourth-order valence-electron chi connectivity index (χ4n) is 3.18. The van der Waals surface area contributed by atoms with Crippen LogP contribution in [0.25, 0.3) is 0 Å². The fraction of sp³-hybridized carbons (Fsp3) is 1.00. The van der Waals surface area contributed by atoms with Crippen molar-refractivity contribution < 1.29 is 5.11 Å². The standard InChI is InChI=1S/C11H19NO/c13-11-8-2-1-3-9(11)7-12(6-8)10-4-5-10/h8-11,13H,1-7H2/t8-,9-/m0/s1. The molecule has 1 saturated heterocycles. The summed E-state index contributed by atoms with van der Waals surface area (Å²) in [6.45, 7) is 2.37. The molecule has 2 atom stereocenters. The third-order valence-corrected chi connectivity index (χ3v) is 4.12. The quantitative estimate of drug-likeness (QED) is 0.658. The summed E-state index contributed by atoms with van der Waals surface area (Å²) < 4.78 is 0. The summed E-state index contributed by atoms with van der Waals surface area (Å²) in [6, 6.07) is 0.899. The van der Waals surface area contributed by atoms with Crippen molar-refractivity contribution in [2.45, 2.75) is 44.2 Å². The molecule has 0 aromatic carbocycles. The molecule has 13 heavy (non-hydrogen) atoms. The largest absolute Gasteiger partial charge is 0.392 e. The van der Waals surface area contributed by atoms with Gasteiger partial charge in [-0.05, 0) is 37.5 Å². The smallest absolute Gasteiger partial charge is 0.0620 e. The average molecular weight is 181 g/mol. The van der Waals surface area contributed by atoms with E-state index in [4.69, 9.17) is 0 Å². The van der Waals surface area contributed by atoms with Crippen LogP contribution in [-0.4, -0.2) is 35.2 Å². The molecule has 0 aromatic rings. The molecular formula is C11H19NO. The van der Waals surface area contributed by atoms with Crippen LogP contribution in [-0.2, 0) is 0 Å². The lowest BCUT2D eigenvalue weighted by molar-refractivity contribution is -0.0516. The third kappa shape index (κ3) is 1.40. The van der Waals surface area contributed by atoms with Gasteiger partial charge in [-0.1, -0.05) is 6.42 Å². The zero-order chi connectivity index (χ0) is 8.84. The van der Waals surface area contributed by atoms with Gasteiger partial charge < -0.3 is 5.11 Å². The van der Waals surface area contributed by atoms with Crippen molar-refractivity contribution in [3.63, 3.8) is 0 Å². The number of piperidine rings is 1. The molecule has 2 aliphatic carbocycles. The van der Waals surface area contributed by atoms with Crippen LogP contribution < -0.4 is 0 Å². The monoisotopic (exact) mass is 181 g/mol. The van der Waals surface area contributed by atoms with Gasteiger partial charge in [0.2, 0.25) is 0 Å². The Labute approximate surface area is 79.9 Å². The second kappa shape index (κ2) is 2.96. The van der Waals surface area contributed by atoms with Crippen LogP contribution in [0.15, 0.2) is 0 Å². The first-order valence-electron chi connectivity index (χ1n) is 5.77. The molecule has 2 nitrogen and oxygen atoms in total. The first kappa shape index (κ1) is 8.25. The van der Waals surface area contributed by atoms with Gasteiger partial charge in [0.05, 0.1) is 6.10 Å². The van der Waals surface area contributed by atoms with E-state index < -0.39 is 0 Å². The topological polar surface area (TPSA) is 23.5 Å². The summed E-state index contributed by atoms with van der Waals surface area (Å²) in [6.07, 6.45) is 6.74. The summed E-state index contributed by atoms with van der Waals surface area (Å²) >= 11 is 0. The first-order chi connectivity index (χ1) is 6.34. The molecule has 3 aliphatic rings. The van der Waals surface area contributed by atoms with E-state index in [-0.39, 0.29) is 6.10 Å². The van der Waals surface area contributed by atoms with E-state index in [0.29, 0.717) is 11.8 Å². The van der Waals surface area contributed by atoms with E-state index in [2.05, 4.69) is 4.90 Å². The fourth-order valence-corrected chi connectivity index (χ4v) is 3.18. The molecule has 0 aromatic heterocycles. The molecule has 2 heteroatoms. The lowest BCUT2D eigenvalue weighted by Gasteiger charge is -2.45. The van der Waals surface area contributed by atoms with Gasteiger partial charge in [0.25, 0.3) is 0 Å². The predicted molar refractivity (Wildman–Crippen MR) is 51.4 cm³/mol. The number of hydrogen-bond acceptors (Lipinski definition) is 2. The maximum Gasteiger partial charge on any atom is 0.0620 e. The van der Waals surface area contributed by atoms with Crippen LogP contribution in [0.2, 0.25) is 0 Å². The summed E-state index contributed by atoms with van der Waals surface area (Å²) in [5.41, 5.74) is 0. The normalized spacial score (nSPS) is 46.4. The van der Waals surface area contributed by atoms with E-state index in [1.807, 2.05) is 0 Å². The second-order valence-corrected chi connectivity index (χ2v) is 5.13. The Hall–Kier alpha value is -0.0800. The van der Waals surface area contributed by atoms with Crippen molar-refractivity contribution in [3.8, 4) is 0 Å². The molecule has 74 valence electrons. The Morgan fingerprint density at radius 1 is 0.923 bits per heavy atom. The molecule has 0 amide bonds. The Morgan fingerprint density at radius 3 is 2.08 bits per heavy atom. The van der Waals surface area contributed by atoms with E-state index in [0.717, 1.165) is 6.04 Å². The molecule has 2 saturated carbocycles. The minimum absolute atomic E-state index is 0.0312. The lowest BCUT2D eigenvalue weighted by atomic mass is 9.75. The van der Waals surface area contributed by atoms with Crippen molar-refractivity contribution in [3.05, 3.63) is 0 Å². The highest BCUT2D eigenvalue weighted by Crippen LogP contribution is 2.39. The van der Waals surface area contributed by atoms with Gasteiger partial charge in [0.15, 0.2) is 0 Å². The minimum atomic E-state index is 0.0312. The number of rotatable bonds is 1. The number of likely N-dealkylation sites (tertiary alicyclic amines) is 1. The van der Waals surface area contributed by atoms with Crippen molar-refractivity contribution in [1.29, 1.82) is 0 Å². The van der Waals surface area contributed by atoms with Crippen LogP contribution in [0.5, 0.6) is 0 Å². The van der Waals surface area contributed by atoms with Gasteiger partial charge in [0, 0.05) is 19.1 Å². The van der Waals surface area contributed by atoms with Gasteiger partial charge >= 0.3 is 0 Å². The number of aliphatic hydroxyl groups is 1. The van der Waals surface area contributed by atoms with E-state index in [9.17, 15) is 5.11 Å².